The van der Waals surface area contributed by atoms with Gasteiger partial charge in [-0.3, -0.25) is 14.6 Å². The molecule has 4 aromatic carbocycles. The molecule has 86 heavy (non-hydrogen) atoms. The van der Waals surface area contributed by atoms with Gasteiger partial charge in [0.15, 0.2) is 5.75 Å². The number of aliphatic hydroxyl groups excluding tert-OH is 1. The number of halogens is 2. The molecular formula is C67H80ClFN10O7. The second-order valence-electron chi connectivity index (χ2n) is 22.7. The number of pyridine rings is 1. The van der Waals surface area contributed by atoms with E-state index >= 15 is 4.39 Å². The van der Waals surface area contributed by atoms with Crippen molar-refractivity contribution in [1.29, 1.82) is 0 Å². The molecule has 4 aliphatic rings. The first-order valence-electron chi connectivity index (χ1n) is 30.1. The Morgan fingerprint density at radius 3 is 2.42 bits per heavy atom. The maximum Gasteiger partial charge on any atom is 0.319 e. The number of allylic oxidation sites excluding steroid dienone is 5. The van der Waals surface area contributed by atoms with Gasteiger partial charge in [0.25, 0.3) is 0 Å². The molecule has 2 bridgehead atoms. The number of benzene rings is 4. The minimum absolute atomic E-state index is 0.0220. The predicted octanol–water partition coefficient (Wildman–Crippen LogP) is 12.0. The van der Waals surface area contributed by atoms with Crippen LogP contribution in [-0.4, -0.2) is 121 Å². The summed E-state index contributed by atoms with van der Waals surface area (Å²) in [4.78, 5) is 43.7. The Balaban J connectivity index is 0.000000325. The molecule has 17 nitrogen and oxygen atoms in total. The Kier molecular flexibility index (Phi) is 21.2. The lowest BCUT2D eigenvalue weighted by atomic mass is 9.94. The number of fused-ring (bicyclic) bond motifs is 4. The number of nitrogens with one attached hydrogen (secondary N) is 2. The van der Waals surface area contributed by atoms with Crippen LogP contribution in [0.25, 0.3) is 49.8 Å². The van der Waals surface area contributed by atoms with Crippen LogP contribution in [0.4, 0.5) is 10.2 Å². The molecule has 4 fully saturated rings. The third-order valence-corrected chi connectivity index (χ3v) is 16.6. The number of nitrogens with zero attached hydrogens (tertiary/aromatic N) is 8. The molecule has 454 valence electrons. The van der Waals surface area contributed by atoms with Crippen molar-refractivity contribution in [1.82, 2.24) is 45.5 Å². The van der Waals surface area contributed by atoms with E-state index < -0.39 is 12.1 Å². The lowest BCUT2D eigenvalue weighted by molar-refractivity contribution is -0.137. The summed E-state index contributed by atoms with van der Waals surface area (Å²) in [6.45, 7) is 21.5. The lowest BCUT2D eigenvalue weighted by Crippen LogP contribution is -2.44. The van der Waals surface area contributed by atoms with Crippen molar-refractivity contribution < 1.29 is 38.4 Å². The Hall–Kier alpha value is -7.77. The fourth-order valence-corrected chi connectivity index (χ4v) is 12.0. The number of aryl methyl sites for hydroxylation is 1. The van der Waals surface area contributed by atoms with Crippen LogP contribution < -0.4 is 25.0 Å². The number of piperazine rings is 1. The van der Waals surface area contributed by atoms with Crippen molar-refractivity contribution in [3.05, 3.63) is 143 Å². The van der Waals surface area contributed by atoms with Crippen molar-refractivity contribution in [3.63, 3.8) is 0 Å². The van der Waals surface area contributed by atoms with Gasteiger partial charge in [-0.2, -0.15) is 9.97 Å². The highest BCUT2D eigenvalue weighted by molar-refractivity contribution is 6.37. The van der Waals surface area contributed by atoms with Crippen molar-refractivity contribution in [3.8, 4) is 40.0 Å². The fraction of sp³-hybridized carbons (Fsp3) is 0.418. The van der Waals surface area contributed by atoms with E-state index in [4.69, 9.17) is 40.8 Å². The zero-order valence-corrected chi connectivity index (χ0v) is 51.1. The summed E-state index contributed by atoms with van der Waals surface area (Å²) in [5, 5.41) is 38.1. The van der Waals surface area contributed by atoms with Gasteiger partial charge in [0.2, 0.25) is 12.3 Å². The van der Waals surface area contributed by atoms with E-state index in [1.54, 1.807) is 35.2 Å². The summed E-state index contributed by atoms with van der Waals surface area (Å²) in [7, 11) is 0. The number of phenols is 1. The van der Waals surface area contributed by atoms with E-state index in [2.05, 4.69) is 53.2 Å². The van der Waals surface area contributed by atoms with Gasteiger partial charge in [0.1, 0.15) is 53.0 Å². The molecule has 11 rings (SSSR count). The predicted molar refractivity (Wildman–Crippen MR) is 337 cm³/mol. The summed E-state index contributed by atoms with van der Waals surface area (Å²) < 4.78 is 36.3. The summed E-state index contributed by atoms with van der Waals surface area (Å²) >= 11 is 6.17. The lowest BCUT2D eigenvalue weighted by Gasteiger charge is -2.30. The van der Waals surface area contributed by atoms with Crippen LogP contribution in [0.15, 0.2) is 115 Å². The van der Waals surface area contributed by atoms with Gasteiger partial charge in [-0.1, -0.05) is 137 Å². The van der Waals surface area contributed by atoms with Gasteiger partial charge < -0.3 is 44.9 Å². The fourth-order valence-electron chi connectivity index (χ4n) is 11.9. The standard InChI is InChI=1S/C48H54FN9O5.C16H18ClNO2.C3H8/c1-5-36-39(49)13-12-31-19-34(59)21-37(41(31)36)42-45(43-38(23-51-42)46(57-24-32-20-33(57)22-50-32)53-48(52-43)63-35-14-17-61-18-15-35)62-26-29-8-10-30(11-9-29)40-25-58(55-54-40)44(27(2)3)47(60)56-16-6-7-28(56)4;1-3-5-14(15(17)4-2)12-6-8-13(9-7-12)16(10-19)18-11-20;1-3-2/h8-13,19,21,23,25,27-28,32-33,35,44,50,59H,5-7,14-18,20,22,24,26H2,1-4H3;3-9,11,16,19H,1,10H2,2H3,(H,18,20);3H2,1-2H3/b;14-5-,15-4+;. The summed E-state index contributed by atoms with van der Waals surface area (Å²) in [5.74, 6) is 0.912. The number of phenolic OH excluding ortho intramolecular Hbond substituents is 1. The van der Waals surface area contributed by atoms with Gasteiger partial charge in [-0.15, -0.1) is 5.10 Å². The van der Waals surface area contributed by atoms with Crippen molar-refractivity contribution in [2.75, 3.05) is 44.4 Å². The third kappa shape index (κ3) is 14.1. The molecule has 19 heteroatoms. The topological polar surface area (TPSA) is 202 Å². The number of carbonyl (C=O) groups is 2. The minimum Gasteiger partial charge on any atom is -0.508 e. The van der Waals surface area contributed by atoms with Crippen LogP contribution in [-0.2, 0) is 27.4 Å². The van der Waals surface area contributed by atoms with Gasteiger partial charge in [-0.05, 0) is 102 Å². The van der Waals surface area contributed by atoms with E-state index in [0.29, 0.717) is 87.1 Å². The summed E-state index contributed by atoms with van der Waals surface area (Å²) in [6.07, 6.45) is 15.6. The molecule has 7 aromatic rings. The van der Waals surface area contributed by atoms with Gasteiger partial charge >= 0.3 is 6.01 Å². The smallest absolute Gasteiger partial charge is 0.319 e. The molecule has 7 heterocycles. The molecule has 0 radical (unpaired) electrons. The van der Waals surface area contributed by atoms with Crippen LogP contribution in [0.1, 0.15) is 121 Å². The van der Waals surface area contributed by atoms with Gasteiger partial charge in [-0.25, -0.2) is 9.07 Å². The monoisotopic (exact) mass is 1190 g/mol. The number of hydrogen-bond acceptors (Lipinski definition) is 14. The number of aromatic nitrogens is 6. The van der Waals surface area contributed by atoms with Crippen LogP contribution >= 0.6 is 11.6 Å². The highest BCUT2D eigenvalue weighted by Crippen LogP contribution is 2.45. The van der Waals surface area contributed by atoms with Gasteiger partial charge in [0, 0.05) is 73.0 Å². The maximum atomic E-state index is 15.6. The number of likely N-dealkylation sites (tertiary alicyclic amines) is 1. The van der Waals surface area contributed by atoms with E-state index in [1.807, 2.05) is 99.5 Å². The average molecular weight is 1190 g/mol. The largest absolute Gasteiger partial charge is 0.508 e. The van der Waals surface area contributed by atoms with Crippen LogP contribution in [0.3, 0.4) is 0 Å². The van der Waals surface area contributed by atoms with E-state index in [9.17, 15) is 19.8 Å². The van der Waals surface area contributed by atoms with Crippen LogP contribution in [0, 0.1) is 11.7 Å². The molecule has 0 saturated carbocycles. The first-order chi connectivity index (χ1) is 41.7. The highest BCUT2D eigenvalue weighted by atomic mass is 35.5. The second-order valence-corrected chi connectivity index (χ2v) is 23.1. The summed E-state index contributed by atoms with van der Waals surface area (Å²) in [5.41, 5.74) is 7.01. The molecular weight excluding hydrogens is 1110 g/mol. The number of ether oxygens (including phenoxy) is 3. The number of carbonyl (C=O) groups excluding carboxylic acids is 2. The number of aromatic hydroxyl groups is 1. The van der Waals surface area contributed by atoms with E-state index in [0.717, 1.165) is 85.4 Å². The van der Waals surface area contributed by atoms with Crippen molar-refractivity contribution >= 4 is 57.0 Å². The molecule has 0 spiro atoms. The minimum atomic E-state index is -0.444. The SMILES string of the molecule is C=C/C=C(\C(Cl)=C/C)c1ccc(C(CO)NC=O)cc1.CCC.CCc1c(F)ccc2cc(O)cc(-c3ncc4c(N5CC6CC5CN6)nc(OC5CCOCC5)nc4c3OCc3ccc(-c4cn(C(C(=O)N5CCCC5C)C(C)C)nn4)cc3)c12. The van der Waals surface area contributed by atoms with Gasteiger partial charge in [0.05, 0.1) is 37.4 Å². The zero-order valence-electron chi connectivity index (χ0n) is 50.3. The number of aliphatic hydroxyl groups is 1. The number of anilines is 1. The summed E-state index contributed by atoms with van der Waals surface area (Å²) in [6, 6.07) is 22.0. The first-order valence-corrected chi connectivity index (χ1v) is 30.5. The molecule has 3 aromatic heterocycles. The van der Waals surface area contributed by atoms with E-state index in [1.165, 1.54) is 12.5 Å². The molecule has 4 aliphatic heterocycles. The molecule has 0 aliphatic carbocycles. The van der Waals surface area contributed by atoms with Crippen LogP contribution in [0.5, 0.6) is 17.5 Å². The normalized spacial score (nSPS) is 18.6. The second kappa shape index (κ2) is 29.1. The Labute approximate surface area is 508 Å². The number of rotatable bonds is 19. The number of hydrogen-bond donors (Lipinski definition) is 4. The Morgan fingerprint density at radius 2 is 1.79 bits per heavy atom. The molecule has 4 saturated heterocycles. The molecule has 5 unspecified atom stereocenters. The first kappa shape index (κ1) is 62.8. The Morgan fingerprint density at radius 1 is 1.03 bits per heavy atom. The Bertz CT molecular complexity index is 3550. The quantitative estimate of drug-likeness (QED) is 0.0440. The van der Waals surface area contributed by atoms with Crippen LogP contribution in [0.2, 0.25) is 0 Å². The highest BCUT2D eigenvalue weighted by Gasteiger charge is 2.40. The van der Waals surface area contributed by atoms with E-state index in [-0.39, 0.29) is 60.8 Å². The third-order valence-electron chi connectivity index (χ3n) is 16.2. The number of amides is 2. The average Bonchev–Trinajstić information content (AvgIpc) is 3.42. The molecule has 5 atom stereocenters. The van der Waals surface area contributed by atoms with Crippen molar-refractivity contribution in [2.24, 2.45) is 5.92 Å². The molecule has 2 amide bonds. The molecule has 4 N–H and O–H groups in total. The zero-order chi connectivity index (χ0) is 61.0. The maximum absolute atomic E-state index is 15.6. The van der Waals surface area contributed by atoms with Crippen molar-refractivity contribution in [2.45, 2.75) is 136 Å².